The highest BCUT2D eigenvalue weighted by molar-refractivity contribution is 5.91. The lowest BCUT2D eigenvalue weighted by Crippen LogP contribution is -2.43. The fourth-order valence-electron chi connectivity index (χ4n) is 3.04. The Morgan fingerprint density at radius 3 is 2.24 bits per heavy atom. The summed E-state index contributed by atoms with van der Waals surface area (Å²) in [4.78, 5) is 12.1. The van der Waals surface area contributed by atoms with Gasteiger partial charge in [0, 0.05) is 12.0 Å². The van der Waals surface area contributed by atoms with Gasteiger partial charge in [0.05, 0.1) is 32.0 Å². The molecule has 0 aliphatic carbocycles. The van der Waals surface area contributed by atoms with Gasteiger partial charge < -0.3 is 18.9 Å². The zero-order chi connectivity index (χ0) is 20.4. The Balaban J connectivity index is 1.24. The van der Waals surface area contributed by atoms with Crippen molar-refractivity contribution in [1.82, 2.24) is 0 Å². The van der Waals surface area contributed by atoms with Crippen molar-refractivity contribution in [1.29, 1.82) is 0 Å². The largest absolute Gasteiger partial charge is 0.494 e. The van der Waals surface area contributed by atoms with Crippen molar-refractivity contribution in [2.45, 2.75) is 32.6 Å². The van der Waals surface area contributed by atoms with Gasteiger partial charge in [-0.1, -0.05) is 31.5 Å². The molecule has 0 saturated carbocycles. The maximum Gasteiger partial charge on any atom is 0.343 e. The SMILES string of the molecule is CC1(COCCCCCCOc2ccc(C(=O)Oc3ccccc3)cc2)COC1. The van der Waals surface area contributed by atoms with Gasteiger partial charge in [-0.15, -0.1) is 0 Å². The van der Waals surface area contributed by atoms with E-state index in [-0.39, 0.29) is 11.4 Å². The number of carbonyl (C=O) groups is 1. The van der Waals surface area contributed by atoms with Gasteiger partial charge in [-0.2, -0.15) is 0 Å². The maximum atomic E-state index is 12.1. The van der Waals surface area contributed by atoms with Crippen molar-refractivity contribution < 1.29 is 23.7 Å². The average molecular weight is 398 g/mol. The van der Waals surface area contributed by atoms with Crippen LogP contribution in [0.2, 0.25) is 0 Å². The lowest BCUT2D eigenvalue weighted by molar-refractivity contribution is -0.137. The molecule has 0 N–H and O–H groups in total. The highest BCUT2D eigenvalue weighted by Crippen LogP contribution is 2.26. The molecule has 0 amide bonds. The van der Waals surface area contributed by atoms with Crippen LogP contribution in [-0.2, 0) is 9.47 Å². The number of hydrogen-bond donors (Lipinski definition) is 0. The molecule has 0 unspecified atom stereocenters. The minimum absolute atomic E-state index is 0.238. The summed E-state index contributed by atoms with van der Waals surface area (Å²) in [5, 5.41) is 0. The first kappa shape index (κ1) is 21.3. The van der Waals surface area contributed by atoms with Crippen LogP contribution in [0.15, 0.2) is 54.6 Å². The quantitative estimate of drug-likeness (QED) is 0.289. The van der Waals surface area contributed by atoms with Gasteiger partial charge in [0.25, 0.3) is 0 Å². The van der Waals surface area contributed by atoms with Crippen molar-refractivity contribution in [2.75, 3.05) is 33.0 Å². The second-order valence-electron chi connectivity index (χ2n) is 7.85. The molecule has 3 rings (SSSR count). The molecule has 5 nitrogen and oxygen atoms in total. The Bertz CT molecular complexity index is 738. The second-order valence-corrected chi connectivity index (χ2v) is 7.85. The Kier molecular flexibility index (Phi) is 8.08. The summed E-state index contributed by atoms with van der Waals surface area (Å²) in [7, 11) is 0. The first-order valence-electron chi connectivity index (χ1n) is 10.3. The number of hydrogen-bond acceptors (Lipinski definition) is 5. The molecule has 0 aromatic heterocycles. The Hall–Kier alpha value is -2.37. The molecule has 0 atom stereocenters. The van der Waals surface area contributed by atoms with E-state index in [1.54, 1.807) is 36.4 Å². The molecule has 0 bridgehead atoms. The number of carbonyl (C=O) groups excluding carboxylic acids is 1. The standard InChI is InChI=1S/C24H30O5/c1-24(18-27-19-24)17-26-15-7-2-3-8-16-28-21-13-11-20(12-14-21)23(25)29-22-9-5-4-6-10-22/h4-6,9-14H,2-3,7-8,15-19H2,1H3. The van der Waals surface area contributed by atoms with Gasteiger partial charge in [-0.05, 0) is 55.7 Å². The summed E-state index contributed by atoms with van der Waals surface area (Å²) in [6.45, 7) is 6.12. The molecular formula is C24H30O5. The van der Waals surface area contributed by atoms with E-state index in [1.165, 1.54) is 0 Å². The lowest BCUT2D eigenvalue weighted by atomic mass is 9.90. The molecule has 0 spiro atoms. The fraction of sp³-hybridized carbons (Fsp3) is 0.458. The van der Waals surface area contributed by atoms with E-state index >= 15 is 0 Å². The smallest absolute Gasteiger partial charge is 0.343 e. The van der Waals surface area contributed by atoms with Crippen molar-refractivity contribution in [3.63, 3.8) is 0 Å². The van der Waals surface area contributed by atoms with Gasteiger partial charge >= 0.3 is 5.97 Å². The van der Waals surface area contributed by atoms with E-state index in [0.29, 0.717) is 17.9 Å². The molecule has 2 aromatic carbocycles. The topological polar surface area (TPSA) is 54.0 Å². The molecule has 1 aliphatic rings. The minimum Gasteiger partial charge on any atom is -0.494 e. The van der Waals surface area contributed by atoms with E-state index in [1.807, 2.05) is 18.2 Å². The molecule has 1 fully saturated rings. The number of ether oxygens (including phenoxy) is 4. The molecule has 5 heteroatoms. The van der Waals surface area contributed by atoms with Gasteiger partial charge in [0.15, 0.2) is 0 Å². The van der Waals surface area contributed by atoms with E-state index in [2.05, 4.69) is 6.92 Å². The molecule has 1 saturated heterocycles. The number of para-hydroxylation sites is 1. The third kappa shape index (κ3) is 7.18. The van der Waals surface area contributed by atoms with Crippen LogP contribution >= 0.6 is 0 Å². The van der Waals surface area contributed by atoms with Crippen LogP contribution in [-0.4, -0.2) is 39.0 Å². The number of benzene rings is 2. The number of rotatable bonds is 12. The summed E-state index contributed by atoms with van der Waals surface area (Å²) in [5.74, 6) is 0.929. The van der Waals surface area contributed by atoms with Crippen LogP contribution in [0.5, 0.6) is 11.5 Å². The van der Waals surface area contributed by atoms with Gasteiger partial charge in [-0.25, -0.2) is 4.79 Å². The van der Waals surface area contributed by atoms with Crippen LogP contribution < -0.4 is 9.47 Å². The second kappa shape index (κ2) is 11.0. The normalized spacial score (nSPS) is 14.8. The third-order valence-corrected chi connectivity index (χ3v) is 4.85. The zero-order valence-corrected chi connectivity index (χ0v) is 17.1. The highest BCUT2D eigenvalue weighted by atomic mass is 16.5. The highest BCUT2D eigenvalue weighted by Gasteiger charge is 2.33. The monoisotopic (exact) mass is 398 g/mol. The summed E-state index contributed by atoms with van der Waals surface area (Å²) in [6, 6.07) is 16.1. The van der Waals surface area contributed by atoms with Gasteiger partial charge in [0.1, 0.15) is 11.5 Å². The molecule has 29 heavy (non-hydrogen) atoms. The average Bonchev–Trinajstić information content (AvgIpc) is 2.72. The van der Waals surface area contributed by atoms with E-state index in [9.17, 15) is 4.79 Å². The van der Waals surface area contributed by atoms with Crippen molar-refractivity contribution in [3.05, 3.63) is 60.2 Å². The molecule has 0 radical (unpaired) electrons. The zero-order valence-electron chi connectivity index (χ0n) is 17.1. The van der Waals surface area contributed by atoms with Crippen LogP contribution in [0, 0.1) is 5.41 Å². The summed E-state index contributed by atoms with van der Waals surface area (Å²) in [6.07, 6.45) is 4.34. The fourth-order valence-corrected chi connectivity index (χ4v) is 3.04. The van der Waals surface area contributed by atoms with Crippen molar-refractivity contribution in [3.8, 4) is 11.5 Å². The van der Waals surface area contributed by atoms with Crippen LogP contribution in [0.25, 0.3) is 0 Å². The molecule has 1 aliphatic heterocycles. The van der Waals surface area contributed by atoms with Gasteiger partial charge in [0.2, 0.25) is 0 Å². The third-order valence-electron chi connectivity index (χ3n) is 4.85. The van der Waals surface area contributed by atoms with Crippen LogP contribution in [0.3, 0.4) is 0 Å². The molecular weight excluding hydrogens is 368 g/mol. The van der Waals surface area contributed by atoms with Crippen molar-refractivity contribution in [2.24, 2.45) is 5.41 Å². The first-order valence-corrected chi connectivity index (χ1v) is 10.3. The lowest BCUT2D eigenvalue weighted by Gasteiger charge is -2.37. The Morgan fingerprint density at radius 1 is 0.897 bits per heavy atom. The molecule has 2 aromatic rings. The van der Waals surface area contributed by atoms with Crippen molar-refractivity contribution >= 4 is 5.97 Å². The number of esters is 1. The minimum atomic E-state index is -0.371. The van der Waals surface area contributed by atoms with Crippen LogP contribution in [0.1, 0.15) is 43.0 Å². The Morgan fingerprint density at radius 2 is 1.59 bits per heavy atom. The molecule has 156 valence electrons. The van der Waals surface area contributed by atoms with E-state index < -0.39 is 0 Å². The van der Waals surface area contributed by atoms with E-state index in [4.69, 9.17) is 18.9 Å². The first-order chi connectivity index (χ1) is 14.1. The maximum absolute atomic E-state index is 12.1. The van der Waals surface area contributed by atoms with Gasteiger partial charge in [-0.3, -0.25) is 0 Å². The Labute approximate surface area is 172 Å². The predicted octanol–water partition coefficient (Wildman–Crippen LogP) is 4.90. The predicted molar refractivity (Wildman–Crippen MR) is 112 cm³/mol. The summed E-state index contributed by atoms with van der Waals surface area (Å²) >= 11 is 0. The summed E-state index contributed by atoms with van der Waals surface area (Å²) in [5.41, 5.74) is 0.741. The molecule has 1 heterocycles. The number of unbranched alkanes of at least 4 members (excludes halogenated alkanes) is 3. The van der Waals surface area contributed by atoms with Crippen LogP contribution in [0.4, 0.5) is 0 Å². The summed E-state index contributed by atoms with van der Waals surface area (Å²) < 4.78 is 22.0. The van der Waals surface area contributed by atoms with E-state index in [0.717, 1.165) is 57.9 Å².